The van der Waals surface area contributed by atoms with Crippen molar-refractivity contribution in [3.8, 4) is 0 Å². The molecule has 0 aliphatic heterocycles. The van der Waals surface area contributed by atoms with Crippen molar-refractivity contribution in [3.05, 3.63) is 48.6 Å². The van der Waals surface area contributed by atoms with E-state index in [0.29, 0.717) is 19.3 Å². The van der Waals surface area contributed by atoms with E-state index in [1.54, 1.807) is 0 Å². The standard InChI is InChI=1S/C51H90O6/c1-4-7-10-13-16-19-22-24-25-27-30-33-36-39-42-45-51(54)57-48(46-55-49(52)43-40-37-34-31-28-21-18-15-12-9-6-3)47-56-50(53)44-41-38-35-32-29-26-23-20-17-14-11-8-5-2/h16,19-20,23-25,30,33,48H,4-15,17-18,21-22,26-29,31-32,34-47H2,1-3H3/b19-16-,23-20-,25-24-,33-30-/t48-/m0/s1. The minimum Gasteiger partial charge on any atom is -0.462 e. The number of rotatable bonds is 43. The van der Waals surface area contributed by atoms with Gasteiger partial charge in [-0.15, -0.1) is 0 Å². The van der Waals surface area contributed by atoms with E-state index in [1.807, 2.05) is 0 Å². The van der Waals surface area contributed by atoms with Crippen LogP contribution in [0.5, 0.6) is 0 Å². The molecule has 0 unspecified atom stereocenters. The molecule has 0 aromatic heterocycles. The van der Waals surface area contributed by atoms with E-state index in [4.69, 9.17) is 14.2 Å². The van der Waals surface area contributed by atoms with Crippen LogP contribution in [-0.2, 0) is 28.6 Å². The summed E-state index contributed by atoms with van der Waals surface area (Å²) in [5, 5.41) is 0. The normalized spacial score (nSPS) is 12.4. The monoisotopic (exact) mass is 799 g/mol. The molecule has 0 radical (unpaired) electrons. The zero-order chi connectivity index (χ0) is 41.5. The van der Waals surface area contributed by atoms with Crippen molar-refractivity contribution in [1.82, 2.24) is 0 Å². The van der Waals surface area contributed by atoms with Gasteiger partial charge in [0.25, 0.3) is 0 Å². The summed E-state index contributed by atoms with van der Waals surface area (Å²) in [6, 6.07) is 0. The molecule has 57 heavy (non-hydrogen) atoms. The molecule has 1 atom stereocenters. The van der Waals surface area contributed by atoms with Crippen LogP contribution in [0.4, 0.5) is 0 Å². The smallest absolute Gasteiger partial charge is 0.306 e. The van der Waals surface area contributed by atoms with Gasteiger partial charge in [0.1, 0.15) is 13.2 Å². The lowest BCUT2D eigenvalue weighted by atomic mass is 10.1. The van der Waals surface area contributed by atoms with Gasteiger partial charge in [0.05, 0.1) is 0 Å². The summed E-state index contributed by atoms with van der Waals surface area (Å²) in [4.78, 5) is 37.8. The third-order valence-electron chi connectivity index (χ3n) is 10.3. The third kappa shape index (κ3) is 44.3. The van der Waals surface area contributed by atoms with E-state index in [0.717, 1.165) is 70.6 Å². The number of esters is 3. The lowest BCUT2D eigenvalue weighted by Gasteiger charge is -2.18. The Morgan fingerprint density at radius 2 is 0.632 bits per heavy atom. The van der Waals surface area contributed by atoms with Gasteiger partial charge < -0.3 is 14.2 Å². The van der Waals surface area contributed by atoms with Gasteiger partial charge in [0.2, 0.25) is 0 Å². The molecule has 0 aliphatic carbocycles. The number of allylic oxidation sites excluding steroid dienone is 8. The van der Waals surface area contributed by atoms with Crippen molar-refractivity contribution in [2.75, 3.05) is 13.2 Å². The molecular weight excluding hydrogens is 709 g/mol. The second kappa shape index (κ2) is 46.1. The Labute approximate surface area is 352 Å². The summed E-state index contributed by atoms with van der Waals surface area (Å²) in [7, 11) is 0. The first-order chi connectivity index (χ1) is 28.0. The first-order valence-electron chi connectivity index (χ1n) is 24.1. The van der Waals surface area contributed by atoms with Crippen LogP contribution in [0.25, 0.3) is 0 Å². The highest BCUT2D eigenvalue weighted by Crippen LogP contribution is 2.14. The fourth-order valence-corrected chi connectivity index (χ4v) is 6.62. The van der Waals surface area contributed by atoms with Crippen molar-refractivity contribution in [2.24, 2.45) is 0 Å². The summed E-state index contributed by atoms with van der Waals surface area (Å²) in [6.07, 6.45) is 53.7. The van der Waals surface area contributed by atoms with Gasteiger partial charge in [-0.1, -0.05) is 185 Å². The third-order valence-corrected chi connectivity index (χ3v) is 10.3. The maximum atomic E-state index is 12.7. The molecule has 0 spiro atoms. The minimum atomic E-state index is -0.791. The van der Waals surface area contributed by atoms with Crippen LogP contribution in [0.15, 0.2) is 48.6 Å². The Bertz CT molecular complexity index is 1010. The van der Waals surface area contributed by atoms with E-state index in [1.165, 1.54) is 122 Å². The first kappa shape index (κ1) is 54.4. The molecule has 0 N–H and O–H groups in total. The summed E-state index contributed by atoms with van der Waals surface area (Å²) in [5.74, 6) is -0.936. The molecule has 0 saturated heterocycles. The fraction of sp³-hybridized carbons (Fsp3) is 0.784. The highest BCUT2D eigenvalue weighted by Gasteiger charge is 2.19. The predicted octanol–water partition coefficient (Wildman–Crippen LogP) is 15.5. The van der Waals surface area contributed by atoms with Crippen molar-refractivity contribution in [2.45, 2.75) is 245 Å². The van der Waals surface area contributed by atoms with Crippen molar-refractivity contribution in [3.63, 3.8) is 0 Å². The largest absolute Gasteiger partial charge is 0.462 e. The second-order valence-electron chi connectivity index (χ2n) is 16.0. The average Bonchev–Trinajstić information content (AvgIpc) is 3.21. The second-order valence-corrected chi connectivity index (χ2v) is 16.0. The van der Waals surface area contributed by atoms with Crippen LogP contribution < -0.4 is 0 Å². The summed E-state index contributed by atoms with van der Waals surface area (Å²) in [5.41, 5.74) is 0. The van der Waals surface area contributed by atoms with Gasteiger partial charge >= 0.3 is 17.9 Å². The van der Waals surface area contributed by atoms with Gasteiger partial charge in [-0.3, -0.25) is 14.4 Å². The summed E-state index contributed by atoms with van der Waals surface area (Å²) < 4.78 is 16.7. The molecule has 6 nitrogen and oxygen atoms in total. The van der Waals surface area contributed by atoms with Crippen molar-refractivity contribution in [1.29, 1.82) is 0 Å². The molecular formula is C51H90O6. The maximum absolute atomic E-state index is 12.7. The van der Waals surface area contributed by atoms with Gasteiger partial charge in [-0.05, 0) is 83.5 Å². The van der Waals surface area contributed by atoms with Gasteiger partial charge in [0, 0.05) is 19.3 Å². The number of hydrogen-bond donors (Lipinski definition) is 0. The van der Waals surface area contributed by atoms with E-state index in [9.17, 15) is 14.4 Å². The molecule has 0 saturated carbocycles. The summed E-state index contributed by atoms with van der Waals surface area (Å²) >= 11 is 0. The molecule has 6 heteroatoms. The van der Waals surface area contributed by atoms with E-state index >= 15 is 0 Å². The molecule has 0 bridgehead atoms. The molecule has 0 amide bonds. The van der Waals surface area contributed by atoms with Gasteiger partial charge in [0.15, 0.2) is 6.10 Å². The topological polar surface area (TPSA) is 78.9 Å². The van der Waals surface area contributed by atoms with Crippen molar-refractivity contribution < 1.29 is 28.6 Å². The number of ether oxygens (including phenoxy) is 3. The van der Waals surface area contributed by atoms with E-state index in [-0.39, 0.29) is 37.5 Å². The molecule has 330 valence electrons. The fourth-order valence-electron chi connectivity index (χ4n) is 6.62. The Hall–Kier alpha value is -2.63. The van der Waals surface area contributed by atoms with Crippen LogP contribution in [0.2, 0.25) is 0 Å². The molecule has 0 aliphatic rings. The Morgan fingerprint density at radius 1 is 0.351 bits per heavy atom. The predicted molar refractivity (Wildman–Crippen MR) is 242 cm³/mol. The Kier molecular flexibility index (Phi) is 43.9. The number of hydrogen-bond acceptors (Lipinski definition) is 6. The van der Waals surface area contributed by atoms with Gasteiger partial charge in [-0.25, -0.2) is 0 Å². The van der Waals surface area contributed by atoms with E-state index in [2.05, 4.69) is 69.4 Å². The molecule has 0 rings (SSSR count). The van der Waals surface area contributed by atoms with Crippen LogP contribution in [0.1, 0.15) is 239 Å². The highest BCUT2D eigenvalue weighted by atomic mass is 16.6. The average molecular weight is 799 g/mol. The quantitative estimate of drug-likeness (QED) is 0.0265. The van der Waals surface area contributed by atoms with Gasteiger partial charge in [-0.2, -0.15) is 0 Å². The zero-order valence-corrected chi connectivity index (χ0v) is 37.6. The van der Waals surface area contributed by atoms with E-state index < -0.39 is 6.10 Å². The molecule has 0 fully saturated rings. The molecule has 0 aromatic carbocycles. The number of unbranched alkanes of at least 4 members (excludes halogenated alkanes) is 24. The Balaban J connectivity index is 4.45. The first-order valence-corrected chi connectivity index (χ1v) is 24.1. The van der Waals surface area contributed by atoms with Crippen LogP contribution in [0, 0.1) is 0 Å². The van der Waals surface area contributed by atoms with Crippen LogP contribution in [0.3, 0.4) is 0 Å². The molecule has 0 heterocycles. The lowest BCUT2D eigenvalue weighted by Crippen LogP contribution is -2.30. The highest BCUT2D eigenvalue weighted by molar-refractivity contribution is 5.71. The summed E-state index contributed by atoms with van der Waals surface area (Å²) in [6.45, 7) is 6.54. The van der Waals surface area contributed by atoms with Crippen molar-refractivity contribution >= 4 is 17.9 Å². The zero-order valence-electron chi connectivity index (χ0n) is 37.6. The SMILES string of the molecule is CCCCC/C=C\C/C=C\C/C=C\CCCCC(=O)O[C@H](COC(=O)CCCCCCC/C=C\CCCCCC)COC(=O)CCCCCCCCCCCCC. The van der Waals surface area contributed by atoms with Crippen LogP contribution >= 0.6 is 0 Å². The Morgan fingerprint density at radius 3 is 1.09 bits per heavy atom. The van der Waals surface area contributed by atoms with Crippen LogP contribution in [-0.4, -0.2) is 37.2 Å². The number of carbonyl (C=O) groups excluding carboxylic acids is 3. The minimum absolute atomic E-state index is 0.0893. The maximum Gasteiger partial charge on any atom is 0.306 e. The number of carbonyl (C=O) groups is 3. The lowest BCUT2D eigenvalue weighted by molar-refractivity contribution is -0.167. The molecule has 0 aromatic rings.